The predicted molar refractivity (Wildman–Crippen MR) is 109 cm³/mol. The number of hydrogen-bond acceptors (Lipinski definition) is 2. The summed E-state index contributed by atoms with van der Waals surface area (Å²) >= 11 is 5.91. The molecule has 4 heteroatoms. The van der Waals surface area contributed by atoms with Gasteiger partial charge in [0.05, 0.1) is 0 Å². The molecular weight excluding hydrogens is 358 g/mol. The zero-order chi connectivity index (χ0) is 19.1. The van der Waals surface area contributed by atoms with Crippen LogP contribution < -0.4 is 4.74 Å². The van der Waals surface area contributed by atoms with Crippen molar-refractivity contribution in [3.05, 3.63) is 101 Å². The second-order valence-corrected chi connectivity index (χ2v) is 6.82. The Balaban J connectivity index is 1.75. The monoisotopic (exact) mass is 379 g/mol. The molecule has 3 rings (SSSR count). The van der Waals surface area contributed by atoms with E-state index in [0.717, 1.165) is 11.1 Å². The van der Waals surface area contributed by atoms with Crippen LogP contribution in [0.4, 0.5) is 0 Å². The van der Waals surface area contributed by atoms with Crippen molar-refractivity contribution in [2.24, 2.45) is 0 Å². The number of carbonyl (C=O) groups is 1. The van der Waals surface area contributed by atoms with Gasteiger partial charge in [-0.1, -0.05) is 72.3 Å². The lowest BCUT2D eigenvalue weighted by Gasteiger charge is -2.26. The third kappa shape index (κ3) is 5.60. The van der Waals surface area contributed by atoms with Crippen LogP contribution in [-0.2, 0) is 17.9 Å². The molecule has 1 atom stereocenters. The lowest BCUT2D eigenvalue weighted by molar-refractivity contribution is -0.139. The molecule has 0 heterocycles. The molecule has 0 N–H and O–H groups in total. The SMILES string of the molecule is C[C@@H](Oc1ccc(Cl)cc1)C(=O)N(Cc1ccccc1)Cc1ccccc1. The number of amides is 1. The smallest absolute Gasteiger partial charge is 0.263 e. The van der Waals surface area contributed by atoms with Gasteiger partial charge in [0.25, 0.3) is 5.91 Å². The number of benzene rings is 3. The average molecular weight is 380 g/mol. The molecule has 1 amide bonds. The third-order valence-corrected chi connectivity index (χ3v) is 4.47. The lowest BCUT2D eigenvalue weighted by Crippen LogP contribution is -2.39. The van der Waals surface area contributed by atoms with E-state index in [1.165, 1.54) is 0 Å². The molecule has 0 aliphatic carbocycles. The van der Waals surface area contributed by atoms with Crippen LogP contribution in [0.3, 0.4) is 0 Å². The fourth-order valence-electron chi connectivity index (χ4n) is 2.84. The number of halogens is 1. The maximum absolute atomic E-state index is 13.1. The molecule has 0 aliphatic heterocycles. The van der Waals surface area contributed by atoms with Crippen molar-refractivity contribution in [3.63, 3.8) is 0 Å². The molecule has 0 radical (unpaired) electrons. The van der Waals surface area contributed by atoms with E-state index in [-0.39, 0.29) is 5.91 Å². The summed E-state index contributed by atoms with van der Waals surface area (Å²) in [5.41, 5.74) is 2.17. The molecular formula is C23H22ClNO2. The fraction of sp³-hybridized carbons (Fsp3) is 0.174. The second-order valence-electron chi connectivity index (χ2n) is 6.38. The van der Waals surface area contributed by atoms with Crippen molar-refractivity contribution in [1.82, 2.24) is 4.90 Å². The molecule has 27 heavy (non-hydrogen) atoms. The van der Waals surface area contributed by atoms with E-state index in [1.807, 2.05) is 65.6 Å². The van der Waals surface area contributed by atoms with Crippen LogP contribution in [0.15, 0.2) is 84.9 Å². The topological polar surface area (TPSA) is 29.5 Å². The fourth-order valence-corrected chi connectivity index (χ4v) is 2.97. The van der Waals surface area contributed by atoms with Gasteiger partial charge in [-0.2, -0.15) is 0 Å². The first-order valence-electron chi connectivity index (χ1n) is 8.90. The lowest BCUT2D eigenvalue weighted by atomic mass is 10.1. The van der Waals surface area contributed by atoms with Gasteiger partial charge in [-0.15, -0.1) is 0 Å². The molecule has 0 unspecified atom stereocenters. The van der Waals surface area contributed by atoms with Gasteiger partial charge < -0.3 is 9.64 Å². The molecule has 3 nitrogen and oxygen atoms in total. The minimum absolute atomic E-state index is 0.0577. The van der Waals surface area contributed by atoms with Crippen molar-refractivity contribution in [2.75, 3.05) is 0 Å². The molecule has 0 saturated heterocycles. The van der Waals surface area contributed by atoms with E-state index in [1.54, 1.807) is 31.2 Å². The van der Waals surface area contributed by atoms with Crippen molar-refractivity contribution >= 4 is 17.5 Å². The van der Waals surface area contributed by atoms with E-state index in [2.05, 4.69) is 0 Å². The highest BCUT2D eigenvalue weighted by atomic mass is 35.5. The standard InChI is InChI=1S/C23H22ClNO2/c1-18(27-22-14-12-21(24)13-15-22)23(26)25(16-19-8-4-2-5-9-19)17-20-10-6-3-7-11-20/h2-15,18H,16-17H2,1H3/t18-/m1/s1. The molecule has 3 aromatic rings. The van der Waals surface area contributed by atoms with Crippen LogP contribution in [0.2, 0.25) is 5.02 Å². The molecule has 0 fully saturated rings. The first kappa shape index (κ1) is 19.0. The average Bonchev–Trinajstić information content (AvgIpc) is 2.70. The summed E-state index contributed by atoms with van der Waals surface area (Å²) in [7, 11) is 0. The van der Waals surface area contributed by atoms with Crippen LogP contribution in [0.1, 0.15) is 18.1 Å². The molecule has 3 aromatic carbocycles. The van der Waals surface area contributed by atoms with E-state index in [9.17, 15) is 4.79 Å². The molecule has 0 aliphatic rings. The minimum atomic E-state index is -0.599. The Hall–Kier alpha value is -2.78. The summed E-state index contributed by atoms with van der Waals surface area (Å²) in [6.07, 6.45) is -0.599. The summed E-state index contributed by atoms with van der Waals surface area (Å²) in [5, 5.41) is 0.635. The van der Waals surface area contributed by atoms with Gasteiger partial charge in [0.15, 0.2) is 6.10 Å². The second kappa shape index (κ2) is 9.24. The van der Waals surface area contributed by atoms with Gasteiger partial charge >= 0.3 is 0 Å². The predicted octanol–water partition coefficient (Wildman–Crippen LogP) is 5.34. The minimum Gasteiger partial charge on any atom is -0.481 e. The quantitative estimate of drug-likeness (QED) is 0.554. The van der Waals surface area contributed by atoms with Crippen molar-refractivity contribution in [3.8, 4) is 5.75 Å². The number of rotatable bonds is 7. The Kier molecular flexibility index (Phi) is 6.50. The van der Waals surface area contributed by atoms with Crippen LogP contribution >= 0.6 is 11.6 Å². The Morgan fingerprint density at radius 2 is 1.33 bits per heavy atom. The number of nitrogens with zero attached hydrogens (tertiary/aromatic N) is 1. The van der Waals surface area contributed by atoms with E-state index < -0.39 is 6.10 Å². The highest BCUT2D eigenvalue weighted by Crippen LogP contribution is 2.19. The maximum Gasteiger partial charge on any atom is 0.263 e. The van der Waals surface area contributed by atoms with Gasteiger partial charge in [-0.25, -0.2) is 0 Å². The zero-order valence-electron chi connectivity index (χ0n) is 15.2. The van der Waals surface area contributed by atoms with E-state index in [4.69, 9.17) is 16.3 Å². The van der Waals surface area contributed by atoms with Gasteiger partial charge in [0.1, 0.15) is 5.75 Å². The molecule has 0 saturated carbocycles. The number of ether oxygens (including phenoxy) is 1. The number of hydrogen-bond donors (Lipinski definition) is 0. The summed E-state index contributed by atoms with van der Waals surface area (Å²) < 4.78 is 5.84. The van der Waals surface area contributed by atoms with Gasteiger partial charge in [0.2, 0.25) is 0 Å². The summed E-state index contributed by atoms with van der Waals surface area (Å²) in [5.74, 6) is 0.567. The normalized spacial score (nSPS) is 11.6. The third-order valence-electron chi connectivity index (χ3n) is 4.22. The van der Waals surface area contributed by atoms with Gasteiger partial charge in [0, 0.05) is 18.1 Å². The highest BCUT2D eigenvalue weighted by molar-refractivity contribution is 6.30. The summed E-state index contributed by atoms with van der Waals surface area (Å²) in [6.45, 7) is 2.84. The Labute approximate surface area is 165 Å². The van der Waals surface area contributed by atoms with Crippen molar-refractivity contribution < 1.29 is 9.53 Å². The Morgan fingerprint density at radius 1 is 0.852 bits per heavy atom. The molecule has 0 bridgehead atoms. The van der Waals surface area contributed by atoms with Crippen LogP contribution in [0.25, 0.3) is 0 Å². The first-order valence-corrected chi connectivity index (χ1v) is 9.28. The van der Waals surface area contributed by atoms with Crippen molar-refractivity contribution in [1.29, 1.82) is 0 Å². The van der Waals surface area contributed by atoms with Crippen LogP contribution in [-0.4, -0.2) is 16.9 Å². The van der Waals surface area contributed by atoms with Gasteiger partial charge in [-0.05, 0) is 42.3 Å². The largest absolute Gasteiger partial charge is 0.481 e. The van der Waals surface area contributed by atoms with Gasteiger partial charge in [-0.3, -0.25) is 4.79 Å². The first-order chi connectivity index (χ1) is 13.1. The molecule has 138 valence electrons. The summed E-state index contributed by atoms with van der Waals surface area (Å²) in [4.78, 5) is 14.9. The Morgan fingerprint density at radius 3 is 1.81 bits per heavy atom. The number of carbonyl (C=O) groups excluding carboxylic acids is 1. The molecule has 0 aromatic heterocycles. The maximum atomic E-state index is 13.1. The van der Waals surface area contributed by atoms with E-state index >= 15 is 0 Å². The zero-order valence-corrected chi connectivity index (χ0v) is 16.0. The Bertz CT molecular complexity index is 809. The van der Waals surface area contributed by atoms with Crippen molar-refractivity contribution in [2.45, 2.75) is 26.1 Å². The summed E-state index contributed by atoms with van der Waals surface area (Å²) in [6, 6.07) is 27.0. The van der Waals surface area contributed by atoms with Crippen LogP contribution in [0.5, 0.6) is 5.75 Å². The molecule has 0 spiro atoms. The van der Waals surface area contributed by atoms with E-state index in [0.29, 0.717) is 23.9 Å². The van der Waals surface area contributed by atoms with Crippen LogP contribution in [0, 0.1) is 0 Å². The highest BCUT2D eigenvalue weighted by Gasteiger charge is 2.22.